The van der Waals surface area contributed by atoms with Gasteiger partial charge in [-0.2, -0.15) is 0 Å². The van der Waals surface area contributed by atoms with Gasteiger partial charge in [-0.1, -0.05) is 0 Å². The Hall–Kier alpha value is 0.110. The molecule has 0 bridgehead atoms. The zero-order valence-electron chi connectivity index (χ0n) is 3.57. The Kier molecular flexibility index (Phi) is 2.46. The molecule has 0 fully saturated rings. The molecule has 0 aromatic rings. The molecule has 0 aliphatic carbocycles. The van der Waals surface area contributed by atoms with Crippen molar-refractivity contribution in [2.45, 2.75) is 0 Å². The zero-order chi connectivity index (χ0) is 5.91. The summed E-state index contributed by atoms with van der Waals surface area (Å²) in [6, 6.07) is 0. The van der Waals surface area contributed by atoms with Gasteiger partial charge in [-0.15, -0.1) is 0 Å². The molecule has 0 aliphatic rings. The van der Waals surface area contributed by atoms with Gasteiger partial charge in [0.1, 0.15) is 7.60 Å². The Bertz CT molecular complexity index is 83.7. The highest BCUT2D eigenvalue weighted by Gasteiger charge is 1.96. The molecule has 0 saturated carbocycles. The maximum Gasteiger partial charge on any atom is 0.134 e. The summed E-state index contributed by atoms with van der Waals surface area (Å²) in [5, 5.41) is 7.87. The average Bonchev–Trinajstić information content (AvgIpc) is 1.30. The largest absolute Gasteiger partial charge is 0.779 e. The summed E-state index contributed by atoms with van der Waals surface area (Å²) in [7, 11) is -4.17. The van der Waals surface area contributed by atoms with Crippen LogP contribution in [-0.2, 0) is 4.57 Å². The van der Waals surface area contributed by atoms with Gasteiger partial charge in [-0.25, -0.2) is 0 Å². The van der Waals surface area contributed by atoms with E-state index in [0.717, 1.165) is 0 Å². The quantitative estimate of drug-likeness (QED) is 0.441. The van der Waals surface area contributed by atoms with Crippen LogP contribution in [0.3, 0.4) is 0 Å². The van der Waals surface area contributed by atoms with Crippen LogP contribution in [0.25, 0.3) is 0 Å². The minimum Gasteiger partial charge on any atom is -0.779 e. The molecule has 0 rings (SSSR count). The van der Waals surface area contributed by atoms with Gasteiger partial charge in [0.05, 0.1) is 6.61 Å². The second-order valence-corrected chi connectivity index (χ2v) is 2.81. The normalized spacial score (nSPS) is 18.7. The van der Waals surface area contributed by atoms with E-state index in [2.05, 4.69) is 0 Å². The molecule has 0 heterocycles. The number of aliphatic hydroxyl groups is 1. The van der Waals surface area contributed by atoms with Crippen molar-refractivity contribution < 1.29 is 19.5 Å². The van der Waals surface area contributed by atoms with Crippen LogP contribution in [0.5, 0.6) is 0 Å². The first kappa shape index (κ1) is 7.11. The summed E-state index contributed by atoms with van der Waals surface area (Å²) < 4.78 is 9.65. The smallest absolute Gasteiger partial charge is 0.134 e. The average molecular weight is 125 g/mol. The second kappa shape index (κ2) is 2.43. The highest BCUT2D eigenvalue weighted by molar-refractivity contribution is 7.50. The molecule has 0 aromatic carbocycles. The highest BCUT2D eigenvalue weighted by Crippen LogP contribution is 2.26. The van der Waals surface area contributed by atoms with Crippen molar-refractivity contribution >= 4 is 7.60 Å². The molecular weight excluding hydrogens is 119 g/mol. The van der Waals surface area contributed by atoms with Crippen LogP contribution >= 0.6 is 7.60 Å². The lowest BCUT2D eigenvalue weighted by atomic mass is 10.9. The topological polar surface area (TPSA) is 80.6 Å². The fourth-order valence-corrected chi connectivity index (χ4v) is 0.379. The predicted octanol–water partition coefficient (Wildman–Crippen LogP) is -1.48. The Morgan fingerprint density at radius 2 is 2.14 bits per heavy atom. The molecule has 5 heteroatoms. The monoisotopic (exact) mass is 125 g/mol. The van der Waals surface area contributed by atoms with Gasteiger partial charge in [0.15, 0.2) is 0 Å². The van der Waals surface area contributed by atoms with Gasteiger partial charge in [-0.05, 0) is 0 Å². The molecule has 44 valence electrons. The van der Waals surface area contributed by atoms with E-state index in [0.29, 0.717) is 0 Å². The fourth-order valence-electron chi connectivity index (χ4n) is 0.126. The van der Waals surface area contributed by atoms with Crippen molar-refractivity contribution in [2.24, 2.45) is 0 Å². The molecule has 0 spiro atoms. The lowest BCUT2D eigenvalue weighted by Gasteiger charge is -2.11. The Balaban J connectivity index is 3.36. The second-order valence-electron chi connectivity index (χ2n) is 1.08. The third-order valence-corrected chi connectivity index (χ3v) is 1.15. The van der Waals surface area contributed by atoms with Crippen molar-refractivity contribution in [1.82, 2.24) is 0 Å². The van der Waals surface area contributed by atoms with E-state index in [9.17, 15) is 9.46 Å². The SMILES string of the molecule is O=P([O-])(O)CCO. The maximum atomic E-state index is 9.65. The first-order chi connectivity index (χ1) is 3.06. The zero-order valence-corrected chi connectivity index (χ0v) is 4.47. The molecule has 0 amide bonds. The molecule has 1 unspecified atom stereocenters. The van der Waals surface area contributed by atoms with Crippen LogP contribution in [-0.4, -0.2) is 22.8 Å². The molecule has 0 aromatic heterocycles. The third kappa shape index (κ3) is 6.11. The van der Waals surface area contributed by atoms with Crippen molar-refractivity contribution in [3.63, 3.8) is 0 Å². The highest BCUT2D eigenvalue weighted by atomic mass is 31.2. The maximum absolute atomic E-state index is 9.65. The van der Waals surface area contributed by atoms with Crippen molar-refractivity contribution in [3.8, 4) is 0 Å². The number of hydrogen-bond acceptors (Lipinski definition) is 3. The lowest BCUT2D eigenvalue weighted by molar-refractivity contribution is -0.193. The van der Waals surface area contributed by atoms with Crippen molar-refractivity contribution in [2.75, 3.05) is 12.8 Å². The van der Waals surface area contributed by atoms with E-state index in [4.69, 9.17) is 10.00 Å². The summed E-state index contributed by atoms with van der Waals surface area (Å²) in [6.07, 6.45) is -0.549. The number of hydrogen-bond donors (Lipinski definition) is 2. The molecule has 4 nitrogen and oxygen atoms in total. The van der Waals surface area contributed by atoms with Gasteiger partial charge < -0.3 is 19.5 Å². The molecule has 2 N–H and O–H groups in total. The van der Waals surface area contributed by atoms with Crippen LogP contribution in [0, 0.1) is 0 Å². The summed E-state index contributed by atoms with van der Waals surface area (Å²) >= 11 is 0. The van der Waals surface area contributed by atoms with Gasteiger partial charge in [0.25, 0.3) is 0 Å². The van der Waals surface area contributed by atoms with Gasteiger partial charge in [0, 0.05) is 6.16 Å². The van der Waals surface area contributed by atoms with Crippen LogP contribution < -0.4 is 4.89 Å². The van der Waals surface area contributed by atoms with Crippen LogP contribution in [0.4, 0.5) is 0 Å². The van der Waals surface area contributed by atoms with E-state index >= 15 is 0 Å². The number of rotatable bonds is 2. The van der Waals surface area contributed by atoms with Crippen LogP contribution in [0.2, 0.25) is 0 Å². The van der Waals surface area contributed by atoms with Gasteiger partial charge in [0.2, 0.25) is 0 Å². The van der Waals surface area contributed by atoms with Crippen molar-refractivity contribution in [1.29, 1.82) is 0 Å². The van der Waals surface area contributed by atoms with E-state index in [1.807, 2.05) is 0 Å². The molecule has 7 heavy (non-hydrogen) atoms. The number of aliphatic hydroxyl groups excluding tert-OH is 1. The minimum absolute atomic E-state index is 0.517. The van der Waals surface area contributed by atoms with Crippen LogP contribution in [0.15, 0.2) is 0 Å². The summed E-state index contributed by atoms with van der Waals surface area (Å²) in [6.45, 7) is -0.517. The summed E-state index contributed by atoms with van der Waals surface area (Å²) in [4.78, 5) is 17.5. The summed E-state index contributed by atoms with van der Waals surface area (Å²) in [5.74, 6) is 0. The van der Waals surface area contributed by atoms with E-state index in [1.165, 1.54) is 0 Å². The Labute approximate surface area is 40.9 Å². The summed E-state index contributed by atoms with van der Waals surface area (Å²) in [5.41, 5.74) is 0. The lowest BCUT2D eigenvalue weighted by Crippen LogP contribution is -2.05. The first-order valence-electron chi connectivity index (χ1n) is 1.70. The fraction of sp³-hybridized carbons (Fsp3) is 1.00. The molecule has 0 saturated heterocycles. The first-order valence-corrected chi connectivity index (χ1v) is 3.46. The molecule has 0 aliphatic heterocycles. The van der Waals surface area contributed by atoms with E-state index < -0.39 is 20.4 Å². The molecular formula is C2H6O4P-. The van der Waals surface area contributed by atoms with Gasteiger partial charge in [-0.3, -0.25) is 0 Å². The van der Waals surface area contributed by atoms with Crippen LogP contribution in [0.1, 0.15) is 0 Å². The van der Waals surface area contributed by atoms with E-state index in [-0.39, 0.29) is 0 Å². The van der Waals surface area contributed by atoms with E-state index in [1.54, 1.807) is 0 Å². The predicted molar refractivity (Wildman–Crippen MR) is 21.8 cm³/mol. The van der Waals surface area contributed by atoms with Crippen molar-refractivity contribution in [3.05, 3.63) is 0 Å². The third-order valence-electron chi connectivity index (χ3n) is 0.383. The molecule has 1 atom stereocenters. The van der Waals surface area contributed by atoms with Gasteiger partial charge >= 0.3 is 0 Å². The Morgan fingerprint density at radius 3 is 2.14 bits per heavy atom. The molecule has 0 radical (unpaired) electrons. The Morgan fingerprint density at radius 1 is 1.71 bits per heavy atom. The standard InChI is InChI=1S/C2H7O4P/c3-1-2-7(4,5)6/h3H,1-2H2,(H2,4,5,6)/p-1. The minimum atomic E-state index is -4.17.